The Morgan fingerprint density at radius 2 is 1.92 bits per heavy atom. The van der Waals surface area contributed by atoms with Crippen LogP contribution in [0.1, 0.15) is 23.6 Å². The second-order valence-corrected chi connectivity index (χ2v) is 7.01. The SMILES string of the molecule is CN(C(=O)Cc1ccccc1N)C(CN1CC[C@@H](O)C1)c1ccccc1. The molecule has 1 heterocycles. The van der Waals surface area contributed by atoms with Gasteiger partial charge in [0.25, 0.3) is 0 Å². The van der Waals surface area contributed by atoms with Gasteiger partial charge in [0.1, 0.15) is 0 Å². The third-order valence-electron chi connectivity index (χ3n) is 5.12. The van der Waals surface area contributed by atoms with Gasteiger partial charge in [0.05, 0.1) is 18.6 Å². The summed E-state index contributed by atoms with van der Waals surface area (Å²) in [6, 6.07) is 17.5. The number of carbonyl (C=O) groups excluding carboxylic acids is 1. The van der Waals surface area contributed by atoms with Crippen LogP contribution in [-0.4, -0.2) is 53.6 Å². The van der Waals surface area contributed by atoms with Crippen molar-refractivity contribution in [1.82, 2.24) is 9.80 Å². The predicted octanol–water partition coefficient (Wildman–Crippen LogP) is 2.08. The normalized spacial score (nSPS) is 18.6. The minimum absolute atomic E-state index is 0.0384. The molecule has 1 aliphatic heterocycles. The van der Waals surface area contributed by atoms with Gasteiger partial charge in [0.2, 0.25) is 5.91 Å². The summed E-state index contributed by atoms with van der Waals surface area (Å²) >= 11 is 0. The van der Waals surface area contributed by atoms with Crippen molar-refractivity contribution < 1.29 is 9.90 Å². The smallest absolute Gasteiger partial charge is 0.227 e. The highest BCUT2D eigenvalue weighted by Crippen LogP contribution is 2.24. The van der Waals surface area contributed by atoms with Gasteiger partial charge in [0, 0.05) is 32.4 Å². The average Bonchev–Trinajstić information content (AvgIpc) is 3.06. The summed E-state index contributed by atoms with van der Waals surface area (Å²) in [6.45, 7) is 2.24. The predicted molar refractivity (Wildman–Crippen MR) is 104 cm³/mol. The van der Waals surface area contributed by atoms with Crippen molar-refractivity contribution in [2.75, 3.05) is 32.4 Å². The van der Waals surface area contributed by atoms with E-state index in [1.165, 1.54) is 0 Å². The first-order valence-electron chi connectivity index (χ1n) is 9.09. The Balaban J connectivity index is 1.76. The van der Waals surface area contributed by atoms with Crippen LogP contribution in [0.3, 0.4) is 0 Å². The number of amides is 1. The van der Waals surface area contributed by atoms with Crippen molar-refractivity contribution in [3.63, 3.8) is 0 Å². The minimum Gasteiger partial charge on any atom is -0.398 e. The van der Waals surface area contributed by atoms with Gasteiger partial charge < -0.3 is 15.7 Å². The Kier molecular flexibility index (Phi) is 5.91. The quantitative estimate of drug-likeness (QED) is 0.780. The van der Waals surface area contributed by atoms with Gasteiger partial charge in [-0.3, -0.25) is 9.69 Å². The third-order valence-corrected chi connectivity index (χ3v) is 5.12. The number of para-hydroxylation sites is 1. The lowest BCUT2D eigenvalue weighted by Crippen LogP contribution is -2.39. The van der Waals surface area contributed by atoms with Crippen molar-refractivity contribution in [3.05, 3.63) is 65.7 Å². The van der Waals surface area contributed by atoms with E-state index in [1.807, 2.05) is 54.4 Å². The van der Waals surface area contributed by atoms with Gasteiger partial charge in [-0.05, 0) is 23.6 Å². The molecule has 2 aromatic rings. The molecule has 26 heavy (non-hydrogen) atoms. The second kappa shape index (κ2) is 8.34. The summed E-state index contributed by atoms with van der Waals surface area (Å²) in [5.74, 6) is 0.0384. The fourth-order valence-electron chi connectivity index (χ4n) is 3.51. The highest BCUT2D eigenvalue weighted by molar-refractivity contribution is 5.80. The number of hydrogen-bond acceptors (Lipinski definition) is 4. The van der Waals surface area contributed by atoms with Gasteiger partial charge in [0.15, 0.2) is 0 Å². The molecule has 3 rings (SSSR count). The molecular formula is C21H27N3O2. The first-order valence-corrected chi connectivity index (χ1v) is 9.09. The molecule has 0 saturated carbocycles. The van der Waals surface area contributed by atoms with Gasteiger partial charge in [-0.25, -0.2) is 0 Å². The Bertz CT molecular complexity index is 735. The largest absolute Gasteiger partial charge is 0.398 e. The van der Waals surface area contributed by atoms with Gasteiger partial charge >= 0.3 is 0 Å². The Morgan fingerprint density at radius 3 is 2.58 bits per heavy atom. The highest BCUT2D eigenvalue weighted by Gasteiger charge is 2.28. The van der Waals surface area contributed by atoms with Crippen molar-refractivity contribution in [3.8, 4) is 0 Å². The molecule has 2 atom stereocenters. The molecule has 0 aromatic heterocycles. The third kappa shape index (κ3) is 4.42. The number of nitrogen functional groups attached to an aromatic ring is 1. The van der Waals surface area contributed by atoms with Gasteiger partial charge in [-0.15, -0.1) is 0 Å². The maximum absolute atomic E-state index is 12.9. The lowest BCUT2D eigenvalue weighted by molar-refractivity contribution is -0.131. The molecule has 5 heteroatoms. The van der Waals surface area contributed by atoms with Crippen LogP contribution in [-0.2, 0) is 11.2 Å². The lowest BCUT2D eigenvalue weighted by atomic mass is 10.0. The molecule has 2 aromatic carbocycles. The summed E-state index contributed by atoms with van der Waals surface area (Å²) in [5.41, 5.74) is 8.60. The Hall–Kier alpha value is -2.37. The highest BCUT2D eigenvalue weighted by atomic mass is 16.3. The summed E-state index contributed by atoms with van der Waals surface area (Å²) in [4.78, 5) is 17.0. The number of rotatable bonds is 6. The van der Waals surface area contributed by atoms with Crippen LogP contribution >= 0.6 is 0 Å². The van der Waals surface area contributed by atoms with E-state index in [2.05, 4.69) is 17.0 Å². The number of β-amino-alcohol motifs (C(OH)–C–C–N with tert-alkyl or cyclic N) is 1. The number of nitrogens with two attached hydrogens (primary N) is 1. The van der Waals surface area contributed by atoms with Crippen molar-refractivity contribution in [2.24, 2.45) is 0 Å². The molecule has 0 aliphatic carbocycles. The standard InChI is InChI=1S/C21H27N3O2/c1-23(21(26)13-17-9-5-6-10-19(17)22)20(16-7-3-2-4-8-16)15-24-12-11-18(25)14-24/h2-10,18,20,25H,11-15,22H2,1H3/t18-,20?/m1/s1. The first kappa shape index (κ1) is 18.4. The minimum atomic E-state index is -0.267. The first-order chi connectivity index (χ1) is 12.5. The van der Waals surface area contributed by atoms with E-state index in [1.54, 1.807) is 0 Å². The van der Waals surface area contributed by atoms with Gasteiger partial charge in [-0.2, -0.15) is 0 Å². The molecule has 0 radical (unpaired) electrons. The van der Waals surface area contributed by atoms with Crippen LogP contribution < -0.4 is 5.73 Å². The maximum atomic E-state index is 12.9. The number of anilines is 1. The van der Waals surface area contributed by atoms with Crippen LogP contribution in [0.15, 0.2) is 54.6 Å². The molecular weight excluding hydrogens is 326 g/mol. The van der Waals surface area contributed by atoms with E-state index in [9.17, 15) is 9.90 Å². The van der Waals surface area contributed by atoms with E-state index in [0.717, 1.165) is 24.1 Å². The monoisotopic (exact) mass is 353 g/mol. The Morgan fingerprint density at radius 1 is 1.23 bits per heavy atom. The molecule has 1 saturated heterocycles. The van der Waals surface area contributed by atoms with Crippen molar-refractivity contribution in [1.29, 1.82) is 0 Å². The number of nitrogens with zero attached hydrogens (tertiary/aromatic N) is 2. The van der Waals surface area contributed by atoms with E-state index in [-0.39, 0.29) is 24.5 Å². The fraction of sp³-hybridized carbons (Fsp3) is 0.381. The molecule has 5 nitrogen and oxygen atoms in total. The summed E-state index contributed by atoms with van der Waals surface area (Å²) in [6.07, 6.45) is 0.811. The summed E-state index contributed by atoms with van der Waals surface area (Å²) < 4.78 is 0. The number of likely N-dealkylation sites (N-methyl/N-ethyl adjacent to an activating group) is 1. The van der Waals surface area contributed by atoms with Crippen molar-refractivity contribution >= 4 is 11.6 Å². The molecule has 0 bridgehead atoms. The number of carbonyl (C=O) groups is 1. The maximum Gasteiger partial charge on any atom is 0.227 e. The van der Waals surface area contributed by atoms with Crippen LogP contribution in [0, 0.1) is 0 Å². The van der Waals surface area contributed by atoms with E-state index in [0.29, 0.717) is 18.8 Å². The molecule has 138 valence electrons. The van der Waals surface area contributed by atoms with E-state index < -0.39 is 0 Å². The zero-order valence-corrected chi connectivity index (χ0v) is 15.2. The topological polar surface area (TPSA) is 69.8 Å². The molecule has 1 amide bonds. The molecule has 1 aliphatic rings. The van der Waals surface area contributed by atoms with Crippen LogP contribution in [0.5, 0.6) is 0 Å². The fourth-order valence-corrected chi connectivity index (χ4v) is 3.51. The zero-order valence-electron chi connectivity index (χ0n) is 15.2. The number of benzene rings is 2. The number of aliphatic hydroxyl groups is 1. The molecule has 1 unspecified atom stereocenters. The summed E-state index contributed by atoms with van der Waals surface area (Å²) in [5, 5.41) is 9.82. The van der Waals surface area contributed by atoms with Crippen LogP contribution in [0.25, 0.3) is 0 Å². The molecule has 0 spiro atoms. The van der Waals surface area contributed by atoms with Crippen LogP contribution in [0.4, 0.5) is 5.69 Å². The molecule has 1 fully saturated rings. The number of aliphatic hydroxyl groups excluding tert-OH is 1. The number of likely N-dealkylation sites (tertiary alicyclic amines) is 1. The Labute approximate surface area is 155 Å². The van der Waals surface area contributed by atoms with E-state index in [4.69, 9.17) is 5.73 Å². The zero-order chi connectivity index (χ0) is 18.5. The second-order valence-electron chi connectivity index (χ2n) is 7.01. The van der Waals surface area contributed by atoms with Gasteiger partial charge in [-0.1, -0.05) is 48.5 Å². The lowest BCUT2D eigenvalue weighted by Gasteiger charge is -2.32. The number of hydrogen-bond donors (Lipinski definition) is 2. The van der Waals surface area contributed by atoms with Crippen molar-refractivity contribution in [2.45, 2.75) is 25.0 Å². The average molecular weight is 353 g/mol. The van der Waals surface area contributed by atoms with Crippen LogP contribution in [0.2, 0.25) is 0 Å². The summed E-state index contributed by atoms with van der Waals surface area (Å²) in [7, 11) is 1.85. The molecule has 3 N–H and O–H groups in total. The van der Waals surface area contributed by atoms with E-state index >= 15 is 0 Å².